The smallest absolute Gasteiger partial charge is 0.148 e. The van der Waals surface area contributed by atoms with E-state index in [-0.39, 0.29) is 0 Å². The van der Waals surface area contributed by atoms with Gasteiger partial charge in [0.15, 0.2) is 0 Å². The molecule has 1 aliphatic heterocycles. The predicted molar refractivity (Wildman–Crippen MR) is 77.9 cm³/mol. The monoisotopic (exact) mass is 267 g/mol. The number of hydrogen-bond donors (Lipinski definition) is 3. The number of anilines is 2. The number of nitrogens with two attached hydrogens (primary N) is 1. The summed E-state index contributed by atoms with van der Waals surface area (Å²) < 4.78 is 0. The van der Waals surface area contributed by atoms with Crippen molar-refractivity contribution in [3.8, 4) is 0 Å². The van der Waals surface area contributed by atoms with Crippen molar-refractivity contribution in [1.29, 1.82) is 0 Å². The van der Waals surface area contributed by atoms with Crippen LogP contribution in [0.5, 0.6) is 0 Å². The zero-order chi connectivity index (χ0) is 13.0. The standard InChI is InChI=1S/C12H21N5S/c1-3-10-15-11(8(2)12(16-10)17-13)14-9-4-6-18-7-5-9/h9H,3-7,13H2,1-2H3,(H2,14,15,16,17). The second kappa shape index (κ2) is 6.24. The van der Waals surface area contributed by atoms with Gasteiger partial charge in [0, 0.05) is 18.0 Å². The molecule has 0 aromatic carbocycles. The summed E-state index contributed by atoms with van der Waals surface area (Å²) in [5, 5.41) is 3.54. The molecule has 6 heteroatoms. The molecular weight excluding hydrogens is 246 g/mol. The van der Waals surface area contributed by atoms with Gasteiger partial charge >= 0.3 is 0 Å². The Labute approximate surface area is 112 Å². The van der Waals surface area contributed by atoms with E-state index in [1.54, 1.807) is 0 Å². The first-order valence-corrected chi connectivity index (χ1v) is 7.58. The third-order valence-corrected chi connectivity index (χ3v) is 4.26. The minimum absolute atomic E-state index is 0.523. The van der Waals surface area contributed by atoms with Gasteiger partial charge in [-0.25, -0.2) is 15.8 Å². The molecule has 0 aliphatic carbocycles. The Morgan fingerprint density at radius 2 is 1.94 bits per heavy atom. The number of nitrogens with zero attached hydrogens (tertiary/aromatic N) is 2. The summed E-state index contributed by atoms with van der Waals surface area (Å²) in [7, 11) is 0. The minimum Gasteiger partial charge on any atom is -0.367 e. The molecule has 2 heterocycles. The number of thioether (sulfide) groups is 1. The molecule has 4 N–H and O–H groups in total. The van der Waals surface area contributed by atoms with Gasteiger partial charge in [-0.3, -0.25) is 0 Å². The molecule has 0 bridgehead atoms. The van der Waals surface area contributed by atoms with Crippen LogP contribution in [0.4, 0.5) is 11.6 Å². The summed E-state index contributed by atoms with van der Waals surface area (Å²) in [6.07, 6.45) is 3.20. The third kappa shape index (κ3) is 3.05. The minimum atomic E-state index is 0.523. The largest absolute Gasteiger partial charge is 0.367 e. The molecule has 5 nitrogen and oxygen atoms in total. The molecule has 0 spiro atoms. The Bertz CT molecular complexity index is 404. The fourth-order valence-corrected chi connectivity index (χ4v) is 3.14. The van der Waals surface area contributed by atoms with Crippen molar-refractivity contribution in [3.63, 3.8) is 0 Å². The van der Waals surface area contributed by atoms with Gasteiger partial charge in [-0.15, -0.1) is 0 Å². The van der Waals surface area contributed by atoms with Crippen LogP contribution in [0.25, 0.3) is 0 Å². The first-order valence-electron chi connectivity index (χ1n) is 6.43. The van der Waals surface area contributed by atoms with E-state index >= 15 is 0 Å². The average Bonchev–Trinajstić information content (AvgIpc) is 2.42. The van der Waals surface area contributed by atoms with Gasteiger partial charge in [-0.1, -0.05) is 6.92 Å². The lowest BCUT2D eigenvalue weighted by molar-refractivity contribution is 0.661. The highest BCUT2D eigenvalue weighted by atomic mass is 32.2. The van der Waals surface area contributed by atoms with Crippen molar-refractivity contribution in [2.45, 2.75) is 39.2 Å². The van der Waals surface area contributed by atoms with Crippen LogP contribution in [-0.2, 0) is 6.42 Å². The number of nitrogens with one attached hydrogen (secondary N) is 2. The average molecular weight is 267 g/mol. The predicted octanol–water partition coefficient (Wildman–Crippen LogP) is 1.94. The zero-order valence-corrected chi connectivity index (χ0v) is 11.8. The highest BCUT2D eigenvalue weighted by Gasteiger charge is 2.16. The van der Waals surface area contributed by atoms with Crippen molar-refractivity contribution >= 4 is 23.4 Å². The Kier molecular flexibility index (Phi) is 4.66. The summed E-state index contributed by atoms with van der Waals surface area (Å²) in [4.78, 5) is 8.94. The number of nitrogen functional groups attached to an aromatic ring is 1. The third-order valence-electron chi connectivity index (χ3n) is 3.21. The normalized spacial score (nSPS) is 16.6. The Hall–Kier alpha value is -1.01. The van der Waals surface area contributed by atoms with Gasteiger partial charge < -0.3 is 10.7 Å². The number of aromatic nitrogens is 2. The van der Waals surface area contributed by atoms with Crippen molar-refractivity contribution in [2.75, 3.05) is 22.2 Å². The van der Waals surface area contributed by atoms with Gasteiger partial charge in [0.1, 0.15) is 17.5 Å². The summed E-state index contributed by atoms with van der Waals surface area (Å²) in [5.41, 5.74) is 3.65. The first kappa shape index (κ1) is 13.4. The summed E-state index contributed by atoms with van der Waals surface area (Å²) >= 11 is 2.02. The Morgan fingerprint density at radius 1 is 1.28 bits per heavy atom. The van der Waals surface area contributed by atoms with Crippen LogP contribution in [0.3, 0.4) is 0 Å². The van der Waals surface area contributed by atoms with E-state index in [2.05, 4.69) is 20.7 Å². The van der Waals surface area contributed by atoms with E-state index in [1.165, 1.54) is 24.3 Å². The van der Waals surface area contributed by atoms with Crippen molar-refractivity contribution in [3.05, 3.63) is 11.4 Å². The van der Waals surface area contributed by atoms with E-state index < -0.39 is 0 Å². The van der Waals surface area contributed by atoms with E-state index in [0.717, 1.165) is 29.4 Å². The SMILES string of the molecule is CCc1nc(NN)c(C)c(NC2CCSCC2)n1. The summed E-state index contributed by atoms with van der Waals surface area (Å²) in [6, 6.07) is 0.523. The van der Waals surface area contributed by atoms with Crippen molar-refractivity contribution < 1.29 is 0 Å². The van der Waals surface area contributed by atoms with Gasteiger partial charge in [-0.2, -0.15) is 11.8 Å². The maximum absolute atomic E-state index is 5.50. The van der Waals surface area contributed by atoms with Gasteiger partial charge in [0.05, 0.1) is 0 Å². The fraction of sp³-hybridized carbons (Fsp3) is 0.667. The van der Waals surface area contributed by atoms with Crippen LogP contribution in [0.1, 0.15) is 31.2 Å². The van der Waals surface area contributed by atoms with Gasteiger partial charge in [0.25, 0.3) is 0 Å². The van der Waals surface area contributed by atoms with E-state index in [9.17, 15) is 0 Å². The van der Waals surface area contributed by atoms with Crippen LogP contribution in [0.2, 0.25) is 0 Å². The molecular formula is C12H21N5S. The number of hydrazine groups is 1. The molecule has 0 amide bonds. The molecule has 0 saturated carbocycles. The maximum atomic E-state index is 5.50. The lowest BCUT2D eigenvalue weighted by Crippen LogP contribution is -2.26. The van der Waals surface area contributed by atoms with E-state index in [1.807, 2.05) is 25.6 Å². The molecule has 1 aromatic rings. The second-order valence-electron chi connectivity index (χ2n) is 4.49. The summed E-state index contributed by atoms with van der Waals surface area (Å²) in [5.74, 6) is 10.4. The molecule has 1 fully saturated rings. The first-order chi connectivity index (χ1) is 8.74. The molecule has 1 aliphatic rings. The molecule has 0 atom stereocenters. The number of hydrogen-bond acceptors (Lipinski definition) is 6. The van der Waals surface area contributed by atoms with E-state index in [4.69, 9.17) is 5.84 Å². The molecule has 1 saturated heterocycles. The van der Waals surface area contributed by atoms with Crippen LogP contribution in [0.15, 0.2) is 0 Å². The molecule has 0 radical (unpaired) electrons. The number of rotatable bonds is 4. The molecule has 100 valence electrons. The Morgan fingerprint density at radius 3 is 2.56 bits per heavy atom. The zero-order valence-electron chi connectivity index (χ0n) is 11.0. The van der Waals surface area contributed by atoms with Crippen molar-refractivity contribution in [1.82, 2.24) is 9.97 Å². The fourth-order valence-electron chi connectivity index (χ4n) is 2.04. The molecule has 1 aromatic heterocycles. The van der Waals surface area contributed by atoms with Crippen molar-refractivity contribution in [2.24, 2.45) is 5.84 Å². The van der Waals surface area contributed by atoms with Crippen LogP contribution >= 0.6 is 11.8 Å². The van der Waals surface area contributed by atoms with Crippen LogP contribution in [-0.4, -0.2) is 27.5 Å². The topological polar surface area (TPSA) is 75.9 Å². The molecule has 0 unspecified atom stereocenters. The second-order valence-corrected chi connectivity index (χ2v) is 5.72. The quantitative estimate of drug-likeness (QED) is 0.572. The molecule has 18 heavy (non-hydrogen) atoms. The highest BCUT2D eigenvalue weighted by molar-refractivity contribution is 7.99. The molecule has 2 rings (SSSR count). The lowest BCUT2D eigenvalue weighted by Gasteiger charge is -2.24. The van der Waals surface area contributed by atoms with Crippen LogP contribution < -0.4 is 16.6 Å². The van der Waals surface area contributed by atoms with Gasteiger partial charge in [-0.05, 0) is 31.3 Å². The van der Waals surface area contributed by atoms with E-state index in [0.29, 0.717) is 6.04 Å². The number of aryl methyl sites for hydroxylation is 1. The summed E-state index contributed by atoms with van der Waals surface area (Å²) in [6.45, 7) is 4.04. The highest BCUT2D eigenvalue weighted by Crippen LogP contribution is 2.24. The Balaban J connectivity index is 2.19. The van der Waals surface area contributed by atoms with Gasteiger partial charge in [0.2, 0.25) is 0 Å². The van der Waals surface area contributed by atoms with Crippen LogP contribution in [0, 0.1) is 6.92 Å². The maximum Gasteiger partial charge on any atom is 0.148 e. The lowest BCUT2D eigenvalue weighted by atomic mass is 10.1.